The zero-order valence-electron chi connectivity index (χ0n) is 12.1. The zero-order valence-corrected chi connectivity index (χ0v) is 14.5. The second kappa shape index (κ2) is 7.99. The minimum atomic E-state index is -0.609. The molecule has 1 amide bonds. The Morgan fingerprint density at radius 3 is 2.61 bits per heavy atom. The van der Waals surface area contributed by atoms with Gasteiger partial charge in [-0.1, -0.05) is 23.7 Å². The normalized spacial score (nSPS) is 10.0. The average Bonchev–Trinajstić information content (AvgIpc) is 2.54. The van der Waals surface area contributed by atoms with Crippen molar-refractivity contribution in [2.24, 2.45) is 0 Å². The van der Waals surface area contributed by atoms with Crippen molar-refractivity contribution in [1.82, 2.24) is 0 Å². The van der Waals surface area contributed by atoms with Crippen LogP contribution in [-0.2, 0) is 9.53 Å². The third-order valence-corrected chi connectivity index (χ3v) is 3.82. The molecule has 0 spiro atoms. The van der Waals surface area contributed by atoms with Crippen molar-refractivity contribution in [3.63, 3.8) is 0 Å². The van der Waals surface area contributed by atoms with E-state index in [0.29, 0.717) is 26.5 Å². The van der Waals surface area contributed by atoms with Gasteiger partial charge in [-0.15, -0.1) is 0 Å². The fourth-order valence-electron chi connectivity index (χ4n) is 1.76. The molecule has 0 unspecified atom stereocenters. The Bertz CT molecular complexity index is 736. The van der Waals surface area contributed by atoms with Gasteiger partial charge < -0.3 is 14.8 Å². The van der Waals surface area contributed by atoms with Gasteiger partial charge in [0.2, 0.25) is 0 Å². The number of anilines is 1. The number of hydrogen-bond acceptors (Lipinski definition) is 4. The molecular weight excluding hydrogens is 386 g/mol. The van der Waals surface area contributed by atoms with E-state index >= 15 is 0 Å². The molecule has 0 radical (unpaired) electrons. The summed E-state index contributed by atoms with van der Waals surface area (Å²) in [6.45, 7) is -0.409. The smallest absolute Gasteiger partial charge is 0.338 e. The van der Waals surface area contributed by atoms with Crippen molar-refractivity contribution in [2.45, 2.75) is 0 Å². The number of hydrogen-bond donors (Lipinski definition) is 1. The molecule has 120 valence electrons. The molecule has 0 bridgehead atoms. The molecule has 0 aromatic heterocycles. The summed E-state index contributed by atoms with van der Waals surface area (Å²) in [6, 6.07) is 11.5. The van der Waals surface area contributed by atoms with Crippen LogP contribution in [0.3, 0.4) is 0 Å². The lowest BCUT2D eigenvalue weighted by Gasteiger charge is -2.09. The molecule has 2 aromatic carbocycles. The molecule has 0 saturated heterocycles. The monoisotopic (exact) mass is 397 g/mol. The molecule has 0 fully saturated rings. The van der Waals surface area contributed by atoms with E-state index in [-0.39, 0.29) is 0 Å². The number of benzene rings is 2. The van der Waals surface area contributed by atoms with Crippen LogP contribution in [-0.4, -0.2) is 25.6 Å². The maximum absolute atomic E-state index is 11.9. The lowest BCUT2D eigenvalue weighted by atomic mass is 10.2. The molecule has 0 aliphatic heterocycles. The van der Waals surface area contributed by atoms with Crippen LogP contribution in [0, 0.1) is 0 Å². The van der Waals surface area contributed by atoms with Gasteiger partial charge in [0.25, 0.3) is 5.91 Å². The molecule has 0 heterocycles. The van der Waals surface area contributed by atoms with Crippen LogP contribution in [0.15, 0.2) is 46.9 Å². The van der Waals surface area contributed by atoms with Crippen LogP contribution < -0.4 is 10.1 Å². The van der Waals surface area contributed by atoms with Crippen molar-refractivity contribution >= 4 is 45.1 Å². The number of methoxy groups -OCH3 is 1. The van der Waals surface area contributed by atoms with Gasteiger partial charge in [-0.3, -0.25) is 4.79 Å². The number of amides is 1. The van der Waals surface area contributed by atoms with E-state index in [1.807, 2.05) is 0 Å². The third kappa shape index (κ3) is 4.71. The van der Waals surface area contributed by atoms with E-state index in [9.17, 15) is 9.59 Å². The van der Waals surface area contributed by atoms with Gasteiger partial charge in [-0.05, 0) is 46.3 Å². The maximum atomic E-state index is 11.9. The van der Waals surface area contributed by atoms with Crippen LogP contribution in [0.4, 0.5) is 5.69 Å². The Kier molecular flexibility index (Phi) is 6.01. The van der Waals surface area contributed by atoms with Crippen molar-refractivity contribution in [3.05, 3.63) is 57.5 Å². The molecular formula is C16H13BrClNO4. The van der Waals surface area contributed by atoms with Crippen LogP contribution in [0.1, 0.15) is 10.4 Å². The SMILES string of the molecule is COc1ccc(C(=O)OCC(=O)Nc2ccccc2Cl)cc1Br. The summed E-state index contributed by atoms with van der Waals surface area (Å²) in [7, 11) is 1.52. The summed E-state index contributed by atoms with van der Waals surface area (Å²) in [4.78, 5) is 23.7. The first-order chi connectivity index (χ1) is 11.0. The Hall–Kier alpha value is -2.05. The van der Waals surface area contributed by atoms with E-state index < -0.39 is 18.5 Å². The molecule has 7 heteroatoms. The van der Waals surface area contributed by atoms with Crippen molar-refractivity contribution in [1.29, 1.82) is 0 Å². The topological polar surface area (TPSA) is 64.6 Å². The molecule has 2 rings (SSSR count). The number of carbonyl (C=O) groups excluding carboxylic acids is 2. The summed E-state index contributed by atoms with van der Waals surface area (Å²) in [5.41, 5.74) is 0.769. The number of rotatable bonds is 5. The quantitative estimate of drug-likeness (QED) is 0.776. The second-order valence-corrected chi connectivity index (χ2v) is 5.72. The number of ether oxygens (including phenoxy) is 2. The lowest BCUT2D eigenvalue weighted by molar-refractivity contribution is -0.119. The zero-order chi connectivity index (χ0) is 16.8. The van der Waals surface area contributed by atoms with Gasteiger partial charge in [0.05, 0.1) is 27.9 Å². The first kappa shape index (κ1) is 17.3. The lowest BCUT2D eigenvalue weighted by Crippen LogP contribution is -2.21. The van der Waals surface area contributed by atoms with Gasteiger partial charge >= 0.3 is 5.97 Å². The van der Waals surface area contributed by atoms with Crippen LogP contribution in [0.2, 0.25) is 5.02 Å². The van der Waals surface area contributed by atoms with E-state index in [1.165, 1.54) is 7.11 Å². The summed E-state index contributed by atoms with van der Waals surface area (Å²) in [5, 5.41) is 2.98. The highest BCUT2D eigenvalue weighted by atomic mass is 79.9. The summed E-state index contributed by atoms with van der Waals surface area (Å²) >= 11 is 9.21. The highest BCUT2D eigenvalue weighted by molar-refractivity contribution is 9.10. The van der Waals surface area contributed by atoms with Gasteiger partial charge in [0.1, 0.15) is 5.75 Å². The van der Waals surface area contributed by atoms with Gasteiger partial charge in [-0.25, -0.2) is 4.79 Å². The molecule has 0 saturated carbocycles. The third-order valence-electron chi connectivity index (χ3n) is 2.87. The second-order valence-electron chi connectivity index (χ2n) is 4.45. The van der Waals surface area contributed by atoms with Crippen LogP contribution in [0.25, 0.3) is 0 Å². The molecule has 23 heavy (non-hydrogen) atoms. The fourth-order valence-corrected chi connectivity index (χ4v) is 2.48. The molecule has 1 N–H and O–H groups in total. The molecule has 0 aliphatic carbocycles. The number of halogens is 2. The fraction of sp³-hybridized carbons (Fsp3) is 0.125. The van der Waals surface area contributed by atoms with Crippen molar-refractivity contribution < 1.29 is 19.1 Å². The Morgan fingerprint density at radius 1 is 1.22 bits per heavy atom. The summed E-state index contributed by atoms with van der Waals surface area (Å²) < 4.78 is 10.7. The van der Waals surface area contributed by atoms with E-state index in [2.05, 4.69) is 21.2 Å². The minimum absolute atomic E-state index is 0.309. The number of esters is 1. The van der Waals surface area contributed by atoms with Gasteiger partial charge in [0, 0.05) is 0 Å². The summed E-state index contributed by atoms with van der Waals surface area (Å²) in [6.07, 6.45) is 0. The molecule has 5 nitrogen and oxygen atoms in total. The molecule has 0 aliphatic rings. The van der Waals surface area contributed by atoms with E-state index in [1.54, 1.807) is 42.5 Å². The Labute approximate surface area is 146 Å². The highest BCUT2D eigenvalue weighted by Gasteiger charge is 2.13. The van der Waals surface area contributed by atoms with Gasteiger partial charge in [-0.2, -0.15) is 0 Å². The van der Waals surface area contributed by atoms with Crippen molar-refractivity contribution in [2.75, 3.05) is 19.0 Å². The van der Waals surface area contributed by atoms with Crippen LogP contribution >= 0.6 is 27.5 Å². The van der Waals surface area contributed by atoms with E-state index in [4.69, 9.17) is 21.1 Å². The Morgan fingerprint density at radius 2 is 1.96 bits per heavy atom. The summed E-state index contributed by atoms with van der Waals surface area (Å²) in [5.74, 6) is -0.486. The van der Waals surface area contributed by atoms with Gasteiger partial charge in [0.15, 0.2) is 6.61 Å². The minimum Gasteiger partial charge on any atom is -0.496 e. The number of carbonyl (C=O) groups is 2. The maximum Gasteiger partial charge on any atom is 0.338 e. The predicted molar refractivity (Wildman–Crippen MR) is 91.1 cm³/mol. The number of para-hydroxylation sites is 1. The predicted octanol–water partition coefficient (Wildman–Crippen LogP) is 3.91. The molecule has 2 aromatic rings. The van der Waals surface area contributed by atoms with E-state index in [0.717, 1.165) is 0 Å². The largest absolute Gasteiger partial charge is 0.496 e. The molecule has 0 atom stereocenters. The van der Waals surface area contributed by atoms with Crippen molar-refractivity contribution in [3.8, 4) is 5.75 Å². The average molecular weight is 399 g/mol. The highest BCUT2D eigenvalue weighted by Crippen LogP contribution is 2.25. The number of nitrogens with one attached hydrogen (secondary N) is 1. The standard InChI is InChI=1S/C16H13BrClNO4/c1-22-14-7-6-10(8-11(14)17)16(21)23-9-15(20)19-13-5-3-2-4-12(13)18/h2-8H,9H2,1H3,(H,19,20). The first-order valence-corrected chi connectivity index (χ1v) is 7.73. The van der Waals surface area contributed by atoms with Crippen LogP contribution in [0.5, 0.6) is 5.75 Å². The first-order valence-electron chi connectivity index (χ1n) is 6.56. The Balaban J connectivity index is 1.92.